The smallest absolute Gasteiger partial charge is 0.224 e. The zero-order chi connectivity index (χ0) is 15.7. The van der Waals surface area contributed by atoms with Gasteiger partial charge in [0.2, 0.25) is 5.91 Å². The second-order valence-corrected chi connectivity index (χ2v) is 6.71. The molecule has 2 aliphatic carbocycles. The number of anilines is 1. The third-order valence-electron chi connectivity index (χ3n) is 5.34. The minimum absolute atomic E-state index is 0.118. The van der Waals surface area contributed by atoms with Crippen LogP contribution in [0.3, 0.4) is 0 Å². The van der Waals surface area contributed by atoms with Crippen LogP contribution in [0.25, 0.3) is 0 Å². The summed E-state index contributed by atoms with van der Waals surface area (Å²) >= 11 is 0. The van der Waals surface area contributed by atoms with Gasteiger partial charge < -0.3 is 14.8 Å². The number of rotatable bonds is 5. The highest BCUT2D eigenvalue weighted by Crippen LogP contribution is 2.49. The van der Waals surface area contributed by atoms with E-state index < -0.39 is 0 Å². The molecule has 3 atom stereocenters. The number of nitrogens with one attached hydrogen (secondary N) is 1. The van der Waals surface area contributed by atoms with Gasteiger partial charge in [0.15, 0.2) is 11.5 Å². The number of amides is 1. The molecular weight excluding hydrogens is 278 g/mol. The molecule has 2 bridgehead atoms. The predicted molar refractivity (Wildman–Crippen MR) is 86.5 cm³/mol. The minimum atomic E-state index is 0.118. The molecule has 2 saturated carbocycles. The quantitative estimate of drug-likeness (QED) is 0.900. The normalized spacial score (nSPS) is 26.0. The number of hydrogen-bond donors (Lipinski definition) is 1. The summed E-state index contributed by atoms with van der Waals surface area (Å²) in [4.78, 5) is 12.4. The van der Waals surface area contributed by atoms with E-state index in [1.54, 1.807) is 14.2 Å². The van der Waals surface area contributed by atoms with Crippen molar-refractivity contribution in [3.63, 3.8) is 0 Å². The molecule has 0 aromatic heterocycles. The molecule has 22 heavy (non-hydrogen) atoms. The Kier molecular flexibility index (Phi) is 4.27. The molecule has 0 aliphatic heterocycles. The molecule has 3 rings (SSSR count). The van der Waals surface area contributed by atoms with Gasteiger partial charge >= 0.3 is 0 Å². The van der Waals surface area contributed by atoms with Gasteiger partial charge in [-0.05, 0) is 55.6 Å². The number of carbonyl (C=O) groups is 1. The van der Waals surface area contributed by atoms with Gasteiger partial charge in [-0.2, -0.15) is 0 Å². The molecule has 0 radical (unpaired) electrons. The van der Waals surface area contributed by atoms with E-state index in [-0.39, 0.29) is 5.91 Å². The summed E-state index contributed by atoms with van der Waals surface area (Å²) in [7, 11) is 3.22. The Balaban J connectivity index is 1.66. The molecule has 0 saturated heterocycles. The monoisotopic (exact) mass is 303 g/mol. The molecule has 1 aromatic rings. The van der Waals surface area contributed by atoms with Gasteiger partial charge in [0.05, 0.1) is 14.2 Å². The summed E-state index contributed by atoms with van der Waals surface area (Å²) in [6.45, 7) is 1.97. The van der Waals surface area contributed by atoms with Gasteiger partial charge in [0.25, 0.3) is 0 Å². The Labute approximate surface area is 132 Å². The lowest BCUT2D eigenvalue weighted by atomic mass is 9.86. The number of benzene rings is 1. The Morgan fingerprint density at radius 2 is 1.91 bits per heavy atom. The maximum absolute atomic E-state index is 12.4. The second kappa shape index (κ2) is 6.19. The topological polar surface area (TPSA) is 47.6 Å². The van der Waals surface area contributed by atoms with Gasteiger partial charge in [0, 0.05) is 18.2 Å². The molecule has 0 unspecified atom stereocenters. The van der Waals surface area contributed by atoms with Crippen LogP contribution in [0.5, 0.6) is 11.5 Å². The number of methoxy groups -OCH3 is 2. The first-order valence-corrected chi connectivity index (χ1v) is 8.13. The Morgan fingerprint density at radius 3 is 2.50 bits per heavy atom. The van der Waals surface area contributed by atoms with Crippen molar-refractivity contribution in [3.8, 4) is 11.5 Å². The predicted octanol–water partition coefficient (Wildman–Crippen LogP) is 3.78. The molecule has 1 amide bonds. The molecule has 2 fully saturated rings. The van der Waals surface area contributed by atoms with Gasteiger partial charge in [-0.1, -0.05) is 6.42 Å². The number of hydrogen-bond acceptors (Lipinski definition) is 3. The molecule has 0 spiro atoms. The van der Waals surface area contributed by atoms with Gasteiger partial charge in [-0.25, -0.2) is 0 Å². The van der Waals surface area contributed by atoms with Crippen LogP contribution >= 0.6 is 0 Å². The van der Waals surface area contributed by atoms with Crippen molar-refractivity contribution in [1.29, 1.82) is 0 Å². The van der Waals surface area contributed by atoms with Crippen molar-refractivity contribution in [1.82, 2.24) is 0 Å². The Hall–Kier alpha value is -1.71. The van der Waals surface area contributed by atoms with Crippen LogP contribution in [0.4, 0.5) is 5.69 Å². The second-order valence-electron chi connectivity index (χ2n) is 6.71. The first-order chi connectivity index (χ1) is 10.6. The average Bonchev–Trinajstić information content (AvgIpc) is 3.11. The zero-order valence-electron chi connectivity index (χ0n) is 13.6. The summed E-state index contributed by atoms with van der Waals surface area (Å²) in [6, 6.07) is 3.73. The van der Waals surface area contributed by atoms with Gasteiger partial charge in [-0.15, -0.1) is 0 Å². The van der Waals surface area contributed by atoms with Crippen LogP contribution < -0.4 is 14.8 Å². The lowest BCUT2D eigenvalue weighted by Crippen LogP contribution is -2.20. The Bertz CT molecular complexity index is 570. The largest absolute Gasteiger partial charge is 0.493 e. The van der Waals surface area contributed by atoms with Crippen LogP contribution in [0.15, 0.2) is 12.1 Å². The summed E-state index contributed by atoms with van der Waals surface area (Å²) in [5, 5.41) is 3.05. The highest BCUT2D eigenvalue weighted by Gasteiger charge is 2.40. The van der Waals surface area contributed by atoms with Crippen molar-refractivity contribution in [2.24, 2.45) is 17.8 Å². The van der Waals surface area contributed by atoms with E-state index in [0.29, 0.717) is 23.8 Å². The molecule has 0 heterocycles. The van der Waals surface area contributed by atoms with E-state index >= 15 is 0 Å². The first-order valence-electron chi connectivity index (χ1n) is 8.13. The van der Waals surface area contributed by atoms with E-state index in [2.05, 4.69) is 5.32 Å². The third-order valence-corrected chi connectivity index (χ3v) is 5.34. The van der Waals surface area contributed by atoms with Crippen LogP contribution in [0.1, 0.15) is 37.7 Å². The van der Waals surface area contributed by atoms with E-state index in [1.165, 1.54) is 25.7 Å². The van der Waals surface area contributed by atoms with E-state index in [1.807, 2.05) is 19.1 Å². The van der Waals surface area contributed by atoms with Crippen LogP contribution in [-0.4, -0.2) is 20.1 Å². The zero-order valence-corrected chi connectivity index (χ0v) is 13.6. The Morgan fingerprint density at radius 1 is 1.18 bits per heavy atom. The number of carbonyl (C=O) groups excluding carboxylic acids is 1. The fourth-order valence-electron chi connectivity index (χ4n) is 4.18. The highest BCUT2D eigenvalue weighted by atomic mass is 16.5. The molecule has 4 nitrogen and oxygen atoms in total. The van der Waals surface area contributed by atoms with Crippen molar-refractivity contribution in [3.05, 3.63) is 17.7 Å². The summed E-state index contributed by atoms with van der Waals surface area (Å²) < 4.78 is 10.6. The summed E-state index contributed by atoms with van der Waals surface area (Å²) in [5.74, 6) is 3.69. The van der Waals surface area contributed by atoms with E-state index in [9.17, 15) is 4.79 Å². The maximum Gasteiger partial charge on any atom is 0.224 e. The van der Waals surface area contributed by atoms with Crippen molar-refractivity contribution in [2.75, 3.05) is 19.5 Å². The van der Waals surface area contributed by atoms with Crippen molar-refractivity contribution < 1.29 is 14.3 Å². The first kappa shape index (κ1) is 15.2. The highest BCUT2D eigenvalue weighted by molar-refractivity contribution is 5.92. The maximum atomic E-state index is 12.4. The summed E-state index contributed by atoms with van der Waals surface area (Å²) in [6.07, 6.45) is 5.92. The fourth-order valence-corrected chi connectivity index (χ4v) is 4.18. The van der Waals surface area contributed by atoms with Crippen molar-refractivity contribution >= 4 is 11.6 Å². The van der Waals surface area contributed by atoms with Crippen LogP contribution in [-0.2, 0) is 4.79 Å². The fraction of sp³-hybridized carbons (Fsp3) is 0.611. The summed E-state index contributed by atoms with van der Waals surface area (Å²) in [5.41, 5.74) is 1.80. The molecule has 1 aromatic carbocycles. The van der Waals surface area contributed by atoms with Crippen molar-refractivity contribution in [2.45, 2.75) is 39.0 Å². The van der Waals surface area contributed by atoms with Gasteiger partial charge in [-0.3, -0.25) is 4.79 Å². The minimum Gasteiger partial charge on any atom is -0.493 e. The van der Waals surface area contributed by atoms with E-state index in [4.69, 9.17) is 9.47 Å². The number of ether oxygens (including phenoxy) is 2. The molecule has 4 heteroatoms. The van der Waals surface area contributed by atoms with Crippen LogP contribution in [0.2, 0.25) is 0 Å². The van der Waals surface area contributed by atoms with Gasteiger partial charge in [0.1, 0.15) is 0 Å². The molecule has 2 aliphatic rings. The average molecular weight is 303 g/mol. The SMILES string of the molecule is COc1cc(C)c(NC(=O)C[C@@H]2C[C@@H]3CC[C@@H]2C3)cc1OC. The molecule has 1 N–H and O–H groups in total. The number of fused-ring (bicyclic) bond motifs is 2. The number of aryl methyl sites for hydroxylation is 1. The standard InChI is InChI=1S/C18H25NO3/c1-11-6-16(21-2)17(22-3)10-15(11)19-18(20)9-14-8-12-4-5-13(14)7-12/h6,10,12-14H,4-5,7-9H2,1-3H3,(H,19,20)/t12-,13-,14+/m1/s1. The lowest BCUT2D eigenvalue weighted by molar-refractivity contribution is -0.117. The molecular formula is C18H25NO3. The molecule has 120 valence electrons. The van der Waals surface area contributed by atoms with Crippen LogP contribution in [0, 0.1) is 24.7 Å². The lowest BCUT2D eigenvalue weighted by Gasteiger charge is -2.21. The van der Waals surface area contributed by atoms with E-state index in [0.717, 1.165) is 23.1 Å². The third kappa shape index (κ3) is 2.92.